The predicted octanol–water partition coefficient (Wildman–Crippen LogP) is 0.793. The second-order valence-corrected chi connectivity index (χ2v) is 2.93. The van der Waals surface area contributed by atoms with Crippen LogP contribution in [-0.4, -0.2) is 34.0 Å². The number of carboxylic acids is 1. The Morgan fingerprint density at radius 2 is 2.06 bits per heavy atom. The summed E-state index contributed by atoms with van der Waals surface area (Å²) >= 11 is 0. The summed E-state index contributed by atoms with van der Waals surface area (Å²) in [6.45, 7) is -0.292. The molecule has 0 aliphatic rings. The summed E-state index contributed by atoms with van der Waals surface area (Å²) in [5.41, 5.74) is 0.504. The second-order valence-electron chi connectivity index (χ2n) is 2.93. The number of carbonyl (C=O) groups is 1. The van der Waals surface area contributed by atoms with Crippen molar-refractivity contribution in [2.45, 2.75) is 6.42 Å². The molecule has 0 aliphatic heterocycles. The number of phenols is 2. The van der Waals surface area contributed by atoms with Crippen LogP contribution in [-0.2, 0) is 30.7 Å². The van der Waals surface area contributed by atoms with Crippen LogP contribution in [0, 0.1) is 0 Å². The van der Waals surface area contributed by atoms with Crippen LogP contribution in [0.5, 0.6) is 11.5 Å². The molecule has 0 fully saturated rings. The first kappa shape index (κ1) is 14.6. The molecule has 6 heteroatoms. The molecule has 0 spiro atoms. The van der Waals surface area contributed by atoms with Crippen molar-refractivity contribution in [3.63, 3.8) is 0 Å². The van der Waals surface area contributed by atoms with Gasteiger partial charge in [-0.15, -0.1) is 0 Å². The Kier molecular flexibility index (Phi) is 6.34. The largest absolute Gasteiger partial charge is 0.508 e. The van der Waals surface area contributed by atoms with Gasteiger partial charge < -0.3 is 15.3 Å². The smallest absolute Gasteiger partial charge is 0.325 e. The number of aliphatic carboxylic acids is 1. The van der Waals surface area contributed by atoms with Crippen LogP contribution < -0.4 is 0 Å². The maximum absolute atomic E-state index is 10.1. The topological polar surface area (TPSA) is 90.1 Å². The summed E-state index contributed by atoms with van der Waals surface area (Å²) in [4.78, 5) is 13.7. The minimum Gasteiger partial charge on any atom is -0.508 e. The van der Waals surface area contributed by atoms with Gasteiger partial charge in [-0.3, -0.25) is 9.79 Å². The van der Waals surface area contributed by atoms with E-state index >= 15 is 0 Å². The van der Waals surface area contributed by atoms with Gasteiger partial charge in [-0.1, -0.05) is 0 Å². The van der Waals surface area contributed by atoms with Crippen molar-refractivity contribution in [3.8, 4) is 11.5 Å². The molecule has 0 atom stereocenters. The molecule has 16 heavy (non-hydrogen) atoms. The molecule has 82 valence electrons. The van der Waals surface area contributed by atoms with Crippen LogP contribution >= 0.6 is 0 Å². The Labute approximate surface area is 105 Å². The van der Waals surface area contributed by atoms with Crippen molar-refractivity contribution in [1.82, 2.24) is 0 Å². The number of benzene rings is 1. The molecule has 3 N–H and O–H groups in total. The van der Waals surface area contributed by atoms with Crippen molar-refractivity contribution in [1.29, 1.82) is 0 Å². The molecule has 0 unspecified atom stereocenters. The molecule has 1 aromatic rings. The van der Waals surface area contributed by atoms with Crippen molar-refractivity contribution in [3.05, 3.63) is 23.8 Å². The quantitative estimate of drug-likeness (QED) is 0.430. The van der Waals surface area contributed by atoms with Gasteiger partial charge in [0.25, 0.3) is 0 Å². The van der Waals surface area contributed by atoms with E-state index in [9.17, 15) is 9.90 Å². The SMILES string of the molecule is O=C(O)CN=CCc1cc(O)ccc1O.[Zn]. The molecule has 0 aromatic heterocycles. The summed E-state index contributed by atoms with van der Waals surface area (Å²) in [6, 6.07) is 4.14. The Bertz CT molecular complexity index is 392. The number of hydrogen-bond acceptors (Lipinski definition) is 4. The van der Waals surface area contributed by atoms with Gasteiger partial charge >= 0.3 is 5.97 Å². The van der Waals surface area contributed by atoms with Crippen molar-refractivity contribution >= 4 is 12.2 Å². The summed E-state index contributed by atoms with van der Waals surface area (Å²) in [5, 5.41) is 26.8. The van der Waals surface area contributed by atoms with Gasteiger partial charge in [-0.25, -0.2) is 0 Å². The third kappa shape index (κ3) is 4.89. The average Bonchev–Trinajstić information content (AvgIpc) is 2.17. The van der Waals surface area contributed by atoms with E-state index in [1.54, 1.807) is 0 Å². The monoisotopic (exact) mass is 273 g/mol. The minimum absolute atomic E-state index is 0. The fourth-order valence-electron chi connectivity index (χ4n) is 1.04. The average molecular weight is 275 g/mol. The van der Waals surface area contributed by atoms with E-state index in [-0.39, 0.29) is 43.9 Å². The maximum Gasteiger partial charge on any atom is 0.325 e. The van der Waals surface area contributed by atoms with Crippen molar-refractivity contribution < 1.29 is 39.6 Å². The molecule has 5 nitrogen and oxygen atoms in total. The van der Waals surface area contributed by atoms with E-state index in [4.69, 9.17) is 10.2 Å². The number of rotatable bonds is 4. The Balaban J connectivity index is 0.00000225. The van der Waals surface area contributed by atoms with Gasteiger partial charge in [0.15, 0.2) is 0 Å². The van der Waals surface area contributed by atoms with Gasteiger partial charge in [0.05, 0.1) is 0 Å². The van der Waals surface area contributed by atoms with E-state index in [2.05, 4.69) is 4.99 Å². The number of aromatic hydroxyl groups is 2. The maximum atomic E-state index is 10.1. The van der Waals surface area contributed by atoms with Gasteiger partial charge in [0, 0.05) is 37.7 Å². The summed E-state index contributed by atoms with van der Waals surface area (Å²) in [7, 11) is 0. The van der Waals surface area contributed by atoms with Crippen LogP contribution in [0.15, 0.2) is 23.2 Å². The van der Waals surface area contributed by atoms with Gasteiger partial charge in [0.1, 0.15) is 18.0 Å². The predicted molar refractivity (Wildman–Crippen MR) is 54.5 cm³/mol. The van der Waals surface area contributed by atoms with Crippen LogP contribution in [0.2, 0.25) is 0 Å². The van der Waals surface area contributed by atoms with Crippen molar-refractivity contribution in [2.24, 2.45) is 4.99 Å². The van der Waals surface area contributed by atoms with E-state index in [0.29, 0.717) is 5.56 Å². The van der Waals surface area contributed by atoms with Crippen LogP contribution in [0.3, 0.4) is 0 Å². The molecular weight excluding hydrogens is 264 g/mol. The third-order valence-corrected chi connectivity index (χ3v) is 1.73. The van der Waals surface area contributed by atoms with Crippen LogP contribution in [0.4, 0.5) is 0 Å². The third-order valence-electron chi connectivity index (χ3n) is 1.73. The zero-order chi connectivity index (χ0) is 11.3. The fraction of sp³-hybridized carbons (Fsp3) is 0.200. The van der Waals surface area contributed by atoms with E-state index < -0.39 is 5.97 Å². The Morgan fingerprint density at radius 1 is 1.38 bits per heavy atom. The number of phenolic OH excluding ortho intramolecular Hbond substituents is 2. The first-order valence-corrected chi connectivity index (χ1v) is 4.30. The van der Waals surface area contributed by atoms with Crippen LogP contribution in [0.1, 0.15) is 5.56 Å². The summed E-state index contributed by atoms with van der Waals surface area (Å²) < 4.78 is 0. The molecule has 0 amide bonds. The first-order chi connectivity index (χ1) is 7.09. The van der Waals surface area contributed by atoms with Crippen molar-refractivity contribution in [2.75, 3.05) is 6.54 Å². The normalized spacial score (nSPS) is 10.0. The number of nitrogens with zero attached hydrogens (tertiary/aromatic N) is 1. The zero-order valence-corrected chi connectivity index (χ0v) is 11.6. The molecule has 0 radical (unpaired) electrons. The van der Waals surface area contributed by atoms with E-state index in [1.807, 2.05) is 0 Å². The molecule has 0 heterocycles. The van der Waals surface area contributed by atoms with E-state index in [1.165, 1.54) is 24.4 Å². The molecule has 1 rings (SSSR count). The Morgan fingerprint density at radius 3 is 2.69 bits per heavy atom. The van der Waals surface area contributed by atoms with Crippen LogP contribution in [0.25, 0.3) is 0 Å². The minimum atomic E-state index is -1.01. The second kappa shape index (κ2) is 6.96. The number of hydrogen-bond donors (Lipinski definition) is 3. The molecular formula is C10H11NO4Zn. The molecule has 0 saturated heterocycles. The number of aliphatic imine (C=N–C) groups is 1. The van der Waals surface area contributed by atoms with Gasteiger partial charge in [-0.05, 0) is 18.2 Å². The summed E-state index contributed by atoms with van der Waals surface area (Å²) in [6.07, 6.45) is 1.68. The number of carboxylic acid groups (broad SMARTS) is 1. The molecule has 1 aromatic carbocycles. The van der Waals surface area contributed by atoms with Gasteiger partial charge in [0.2, 0.25) is 0 Å². The zero-order valence-electron chi connectivity index (χ0n) is 8.63. The molecule has 0 bridgehead atoms. The first-order valence-electron chi connectivity index (χ1n) is 4.30. The van der Waals surface area contributed by atoms with Gasteiger partial charge in [-0.2, -0.15) is 0 Å². The fourth-order valence-corrected chi connectivity index (χ4v) is 1.04. The standard InChI is InChI=1S/C10H11NO4.Zn/c12-8-1-2-9(13)7(5-8)3-4-11-6-10(14)15;/h1-2,4-5,12-13H,3,6H2,(H,14,15);. The molecule has 0 saturated carbocycles. The van der Waals surface area contributed by atoms with E-state index in [0.717, 1.165) is 0 Å². The molecule has 0 aliphatic carbocycles. The Hall–Kier alpha value is -1.42. The summed E-state index contributed by atoms with van der Waals surface area (Å²) in [5.74, 6) is -0.907.